The molecule has 1 amide bonds. The first-order valence-corrected chi connectivity index (χ1v) is 8.78. The summed E-state index contributed by atoms with van der Waals surface area (Å²) in [6.07, 6.45) is 3.89. The standard InChI is InChI=1S/C13H21N3O3S/c1-3-4-6-16(11-5-7-20(18,19)9-11)13(17)12-8-14-15-10(12)2/h8,11H,3-7,9H2,1-2H3,(H,14,15). The number of nitrogens with one attached hydrogen (secondary N) is 1. The molecule has 1 aromatic heterocycles. The largest absolute Gasteiger partial charge is 0.335 e. The Labute approximate surface area is 119 Å². The zero-order valence-corrected chi connectivity index (χ0v) is 12.7. The Morgan fingerprint density at radius 3 is 2.80 bits per heavy atom. The van der Waals surface area contributed by atoms with Crippen LogP contribution in [0.5, 0.6) is 0 Å². The molecule has 1 unspecified atom stereocenters. The van der Waals surface area contributed by atoms with Crippen LogP contribution in [0, 0.1) is 6.92 Å². The van der Waals surface area contributed by atoms with Gasteiger partial charge < -0.3 is 4.90 Å². The minimum Gasteiger partial charge on any atom is -0.335 e. The van der Waals surface area contributed by atoms with Crippen LogP contribution in [0.2, 0.25) is 0 Å². The summed E-state index contributed by atoms with van der Waals surface area (Å²) in [7, 11) is -3.00. The zero-order valence-electron chi connectivity index (χ0n) is 11.9. The van der Waals surface area contributed by atoms with Crippen molar-refractivity contribution in [1.82, 2.24) is 15.1 Å². The number of amides is 1. The fraction of sp³-hybridized carbons (Fsp3) is 0.692. The van der Waals surface area contributed by atoms with E-state index < -0.39 is 9.84 Å². The number of aryl methyl sites for hydroxylation is 1. The van der Waals surface area contributed by atoms with Gasteiger partial charge in [-0.2, -0.15) is 5.10 Å². The van der Waals surface area contributed by atoms with E-state index in [9.17, 15) is 13.2 Å². The Morgan fingerprint density at radius 2 is 2.30 bits per heavy atom. The second-order valence-electron chi connectivity index (χ2n) is 5.32. The summed E-state index contributed by atoms with van der Waals surface area (Å²) in [5.41, 5.74) is 1.25. The summed E-state index contributed by atoms with van der Waals surface area (Å²) in [4.78, 5) is 14.3. The van der Waals surface area contributed by atoms with Gasteiger partial charge in [-0.05, 0) is 19.8 Å². The van der Waals surface area contributed by atoms with Gasteiger partial charge in [-0.15, -0.1) is 0 Å². The molecule has 0 aliphatic carbocycles. The fourth-order valence-corrected chi connectivity index (χ4v) is 4.25. The zero-order chi connectivity index (χ0) is 14.8. The van der Waals surface area contributed by atoms with Crippen molar-refractivity contribution < 1.29 is 13.2 Å². The molecule has 2 rings (SSSR count). The Balaban J connectivity index is 2.20. The lowest BCUT2D eigenvalue weighted by molar-refractivity contribution is 0.0693. The van der Waals surface area contributed by atoms with Gasteiger partial charge in [-0.3, -0.25) is 9.89 Å². The predicted octanol–water partition coefficient (Wildman–Crippen LogP) is 1.15. The van der Waals surface area contributed by atoms with E-state index in [4.69, 9.17) is 0 Å². The molecule has 1 atom stereocenters. The number of aromatic amines is 1. The summed E-state index contributed by atoms with van der Waals surface area (Å²) >= 11 is 0. The van der Waals surface area contributed by atoms with E-state index >= 15 is 0 Å². The van der Waals surface area contributed by atoms with Crippen LogP contribution in [-0.2, 0) is 9.84 Å². The Hall–Kier alpha value is -1.37. The van der Waals surface area contributed by atoms with E-state index in [-0.39, 0.29) is 23.5 Å². The van der Waals surface area contributed by atoms with Crippen LogP contribution in [0.1, 0.15) is 42.2 Å². The van der Waals surface area contributed by atoms with Gasteiger partial charge in [0.05, 0.1) is 23.3 Å². The van der Waals surface area contributed by atoms with Gasteiger partial charge >= 0.3 is 0 Å². The predicted molar refractivity (Wildman–Crippen MR) is 76.3 cm³/mol. The molecule has 6 nitrogen and oxygen atoms in total. The third-order valence-electron chi connectivity index (χ3n) is 3.72. The van der Waals surface area contributed by atoms with Crippen molar-refractivity contribution in [3.63, 3.8) is 0 Å². The van der Waals surface area contributed by atoms with E-state index in [1.807, 2.05) is 0 Å². The fourth-order valence-electron chi connectivity index (χ4n) is 2.52. The third kappa shape index (κ3) is 3.20. The number of unbranched alkanes of at least 4 members (excludes halogenated alkanes) is 1. The summed E-state index contributed by atoms with van der Waals surface area (Å²) in [5.74, 6) is 0.143. The van der Waals surface area contributed by atoms with Crippen LogP contribution in [-0.4, -0.2) is 53.5 Å². The van der Waals surface area contributed by atoms with Gasteiger partial charge in [0.15, 0.2) is 9.84 Å². The highest BCUT2D eigenvalue weighted by atomic mass is 32.2. The lowest BCUT2D eigenvalue weighted by Gasteiger charge is -2.28. The van der Waals surface area contributed by atoms with Crippen molar-refractivity contribution in [3.05, 3.63) is 17.5 Å². The van der Waals surface area contributed by atoms with Crippen LogP contribution >= 0.6 is 0 Å². The van der Waals surface area contributed by atoms with Gasteiger partial charge in [0.25, 0.3) is 5.91 Å². The van der Waals surface area contributed by atoms with Crippen LogP contribution in [0.15, 0.2) is 6.20 Å². The maximum absolute atomic E-state index is 12.6. The molecule has 1 fully saturated rings. The normalized spacial score (nSPS) is 21.0. The summed E-state index contributed by atoms with van der Waals surface area (Å²) in [6, 6.07) is -0.201. The van der Waals surface area contributed by atoms with E-state index in [1.165, 1.54) is 6.20 Å². The molecule has 20 heavy (non-hydrogen) atoms. The molecule has 112 valence electrons. The first-order chi connectivity index (χ1) is 9.44. The molecular formula is C13H21N3O3S. The monoisotopic (exact) mass is 299 g/mol. The molecule has 1 N–H and O–H groups in total. The van der Waals surface area contributed by atoms with Gasteiger partial charge in [0, 0.05) is 18.3 Å². The maximum Gasteiger partial charge on any atom is 0.257 e. The van der Waals surface area contributed by atoms with Crippen molar-refractivity contribution in [3.8, 4) is 0 Å². The Morgan fingerprint density at radius 1 is 1.55 bits per heavy atom. The molecule has 0 bridgehead atoms. The number of sulfone groups is 1. The molecule has 1 aliphatic heterocycles. The smallest absolute Gasteiger partial charge is 0.257 e. The molecule has 0 aromatic carbocycles. The lowest BCUT2D eigenvalue weighted by atomic mass is 10.1. The summed E-state index contributed by atoms with van der Waals surface area (Å²) in [6.45, 7) is 4.45. The van der Waals surface area contributed by atoms with Crippen LogP contribution in [0.25, 0.3) is 0 Å². The SMILES string of the molecule is CCCCN(C(=O)c1cn[nH]c1C)C1CCS(=O)(=O)C1. The summed E-state index contributed by atoms with van der Waals surface area (Å²) in [5, 5.41) is 6.62. The highest BCUT2D eigenvalue weighted by Gasteiger charge is 2.35. The van der Waals surface area contributed by atoms with Gasteiger partial charge in [-0.1, -0.05) is 13.3 Å². The lowest BCUT2D eigenvalue weighted by Crippen LogP contribution is -2.41. The highest BCUT2D eigenvalue weighted by Crippen LogP contribution is 2.21. The van der Waals surface area contributed by atoms with Crippen molar-refractivity contribution in [2.75, 3.05) is 18.1 Å². The van der Waals surface area contributed by atoms with E-state index in [2.05, 4.69) is 17.1 Å². The molecule has 0 radical (unpaired) electrons. The van der Waals surface area contributed by atoms with Crippen LogP contribution in [0.4, 0.5) is 0 Å². The summed E-state index contributed by atoms with van der Waals surface area (Å²) < 4.78 is 23.3. The molecule has 0 spiro atoms. The van der Waals surface area contributed by atoms with E-state index in [0.29, 0.717) is 18.5 Å². The molecule has 2 heterocycles. The number of hydrogen-bond acceptors (Lipinski definition) is 4. The Bertz CT molecular complexity index is 579. The van der Waals surface area contributed by atoms with Gasteiger partial charge in [-0.25, -0.2) is 8.42 Å². The van der Waals surface area contributed by atoms with Crippen molar-refractivity contribution in [2.45, 2.75) is 39.2 Å². The second kappa shape index (κ2) is 5.95. The van der Waals surface area contributed by atoms with Crippen molar-refractivity contribution in [2.24, 2.45) is 0 Å². The third-order valence-corrected chi connectivity index (χ3v) is 5.47. The molecule has 1 aliphatic rings. The average molecular weight is 299 g/mol. The van der Waals surface area contributed by atoms with E-state index in [1.54, 1.807) is 11.8 Å². The molecular weight excluding hydrogens is 278 g/mol. The Kier molecular flexibility index (Phi) is 4.47. The quantitative estimate of drug-likeness (QED) is 0.884. The van der Waals surface area contributed by atoms with Gasteiger partial charge in [0.2, 0.25) is 0 Å². The van der Waals surface area contributed by atoms with Gasteiger partial charge in [0.1, 0.15) is 0 Å². The first kappa shape index (κ1) is 15.0. The van der Waals surface area contributed by atoms with E-state index in [0.717, 1.165) is 18.5 Å². The number of hydrogen-bond donors (Lipinski definition) is 1. The average Bonchev–Trinajstić information content (AvgIpc) is 2.95. The first-order valence-electron chi connectivity index (χ1n) is 6.96. The molecule has 1 saturated heterocycles. The number of H-pyrrole nitrogens is 1. The van der Waals surface area contributed by atoms with Crippen molar-refractivity contribution >= 4 is 15.7 Å². The van der Waals surface area contributed by atoms with Crippen LogP contribution < -0.4 is 0 Å². The topological polar surface area (TPSA) is 83.1 Å². The minimum absolute atomic E-state index is 0.0827. The second-order valence-corrected chi connectivity index (χ2v) is 7.55. The van der Waals surface area contributed by atoms with Crippen molar-refractivity contribution in [1.29, 1.82) is 0 Å². The molecule has 7 heteroatoms. The number of carbonyl (C=O) groups is 1. The molecule has 0 saturated carbocycles. The van der Waals surface area contributed by atoms with Crippen LogP contribution in [0.3, 0.4) is 0 Å². The highest BCUT2D eigenvalue weighted by molar-refractivity contribution is 7.91. The number of nitrogens with zero attached hydrogens (tertiary/aromatic N) is 2. The number of carbonyl (C=O) groups excluding carboxylic acids is 1. The number of aromatic nitrogens is 2. The number of rotatable bonds is 5. The molecule has 1 aromatic rings. The maximum atomic E-state index is 12.6. The minimum atomic E-state index is -3.00.